The van der Waals surface area contributed by atoms with Crippen molar-refractivity contribution in [2.24, 2.45) is 0 Å². The maximum atomic E-state index is 12.3. The van der Waals surface area contributed by atoms with E-state index in [9.17, 15) is 4.79 Å². The summed E-state index contributed by atoms with van der Waals surface area (Å²) in [5, 5.41) is 3.23. The smallest absolute Gasteiger partial charge is 0.274 e. The summed E-state index contributed by atoms with van der Waals surface area (Å²) in [6, 6.07) is 8.23. The Kier molecular flexibility index (Phi) is 6.19. The molecule has 0 radical (unpaired) electrons. The highest BCUT2D eigenvalue weighted by Gasteiger charge is 2.12. The summed E-state index contributed by atoms with van der Waals surface area (Å²) in [7, 11) is 3.12. The van der Waals surface area contributed by atoms with Crippen LogP contribution >= 0.6 is 11.6 Å². The molecule has 0 saturated carbocycles. The van der Waals surface area contributed by atoms with Crippen molar-refractivity contribution in [3.63, 3.8) is 0 Å². The molecule has 0 atom stereocenters. The molecule has 0 saturated heterocycles. The summed E-state index contributed by atoms with van der Waals surface area (Å²) in [6.07, 6.45) is 1.48. The molecule has 1 N–H and O–H groups in total. The molecule has 1 heterocycles. The molecule has 122 valence electrons. The third kappa shape index (κ3) is 4.84. The van der Waals surface area contributed by atoms with Gasteiger partial charge in [-0.3, -0.25) is 4.79 Å². The van der Waals surface area contributed by atoms with E-state index in [0.29, 0.717) is 35.4 Å². The largest absolute Gasteiger partial charge is 0.495 e. The molecule has 1 aromatic heterocycles. The number of hydrogen-bond acceptors (Lipinski definition) is 5. The minimum absolute atomic E-state index is 0.258. The van der Waals surface area contributed by atoms with Crippen molar-refractivity contribution in [1.29, 1.82) is 0 Å². The molecule has 0 fully saturated rings. The van der Waals surface area contributed by atoms with Crippen LogP contribution in [0.2, 0.25) is 5.02 Å². The highest BCUT2D eigenvalue weighted by atomic mass is 35.5. The fourth-order valence-corrected chi connectivity index (χ4v) is 1.95. The third-order valence-corrected chi connectivity index (χ3v) is 3.17. The van der Waals surface area contributed by atoms with Gasteiger partial charge in [0.05, 0.1) is 25.6 Å². The Labute approximate surface area is 139 Å². The van der Waals surface area contributed by atoms with E-state index in [1.165, 1.54) is 13.3 Å². The van der Waals surface area contributed by atoms with Crippen LogP contribution in [0.3, 0.4) is 0 Å². The van der Waals surface area contributed by atoms with Crippen molar-refractivity contribution < 1.29 is 19.0 Å². The summed E-state index contributed by atoms with van der Waals surface area (Å²) in [6.45, 7) is 0.803. The Bertz CT molecular complexity index is 662. The Morgan fingerprint density at radius 1 is 1.22 bits per heavy atom. The molecule has 2 rings (SSSR count). The first-order valence-corrected chi connectivity index (χ1v) is 7.24. The van der Waals surface area contributed by atoms with Gasteiger partial charge in [-0.1, -0.05) is 11.6 Å². The van der Waals surface area contributed by atoms with E-state index in [1.54, 1.807) is 37.4 Å². The molecule has 0 aliphatic rings. The highest BCUT2D eigenvalue weighted by molar-refractivity contribution is 6.31. The van der Waals surface area contributed by atoms with Crippen molar-refractivity contribution >= 4 is 23.2 Å². The average molecular weight is 337 g/mol. The minimum Gasteiger partial charge on any atom is -0.495 e. The molecule has 1 amide bonds. The molecule has 0 spiro atoms. The number of nitrogens with zero attached hydrogens (tertiary/aromatic N) is 1. The second kappa shape index (κ2) is 8.36. The zero-order valence-corrected chi connectivity index (χ0v) is 13.6. The second-order valence-electron chi connectivity index (χ2n) is 4.52. The fourth-order valence-electron chi connectivity index (χ4n) is 1.78. The van der Waals surface area contributed by atoms with E-state index in [0.717, 1.165) is 0 Å². The number of methoxy groups -OCH3 is 2. The van der Waals surface area contributed by atoms with Crippen LogP contribution < -0.4 is 14.8 Å². The van der Waals surface area contributed by atoms with Crippen LogP contribution in [0, 0.1) is 0 Å². The SMILES string of the molecule is COCCOc1ccc(Cl)cc1NC(=O)c1ccc(OC)cn1. The van der Waals surface area contributed by atoms with Gasteiger partial charge in [-0.2, -0.15) is 0 Å². The van der Waals surface area contributed by atoms with Gasteiger partial charge in [0, 0.05) is 12.1 Å². The molecule has 6 nitrogen and oxygen atoms in total. The van der Waals surface area contributed by atoms with E-state index in [2.05, 4.69) is 10.3 Å². The second-order valence-corrected chi connectivity index (χ2v) is 4.96. The van der Waals surface area contributed by atoms with Gasteiger partial charge in [0.2, 0.25) is 0 Å². The zero-order chi connectivity index (χ0) is 16.7. The molecule has 0 aliphatic carbocycles. The van der Waals surface area contributed by atoms with Crippen LogP contribution in [0.1, 0.15) is 10.5 Å². The number of nitrogens with one attached hydrogen (secondary N) is 1. The Hall–Kier alpha value is -2.31. The normalized spacial score (nSPS) is 10.2. The van der Waals surface area contributed by atoms with Crippen LogP contribution in [0.5, 0.6) is 11.5 Å². The maximum Gasteiger partial charge on any atom is 0.274 e. The van der Waals surface area contributed by atoms with E-state index in [1.807, 2.05) is 0 Å². The predicted octanol–water partition coefficient (Wildman–Crippen LogP) is 3.02. The molecule has 23 heavy (non-hydrogen) atoms. The number of pyridine rings is 1. The van der Waals surface area contributed by atoms with E-state index in [-0.39, 0.29) is 11.6 Å². The van der Waals surface area contributed by atoms with Crippen LogP contribution in [0.25, 0.3) is 0 Å². The van der Waals surface area contributed by atoms with Gasteiger partial charge in [-0.05, 0) is 30.3 Å². The number of ether oxygens (including phenoxy) is 3. The third-order valence-electron chi connectivity index (χ3n) is 2.94. The lowest BCUT2D eigenvalue weighted by molar-refractivity contribution is 0.102. The lowest BCUT2D eigenvalue weighted by Crippen LogP contribution is -2.15. The number of benzene rings is 1. The first kappa shape index (κ1) is 17.1. The summed E-state index contributed by atoms with van der Waals surface area (Å²) in [5.74, 6) is 0.715. The number of anilines is 1. The summed E-state index contributed by atoms with van der Waals surface area (Å²) >= 11 is 5.98. The van der Waals surface area contributed by atoms with E-state index in [4.69, 9.17) is 25.8 Å². The molecular weight excluding hydrogens is 320 g/mol. The number of carbonyl (C=O) groups is 1. The van der Waals surface area contributed by atoms with Crippen LogP contribution in [0.4, 0.5) is 5.69 Å². The van der Waals surface area contributed by atoms with Gasteiger partial charge in [-0.15, -0.1) is 0 Å². The average Bonchev–Trinajstić information content (AvgIpc) is 2.57. The quantitative estimate of drug-likeness (QED) is 0.787. The van der Waals surface area contributed by atoms with Gasteiger partial charge < -0.3 is 19.5 Å². The fraction of sp³-hybridized carbons (Fsp3) is 0.250. The summed E-state index contributed by atoms with van der Waals surface area (Å²) in [4.78, 5) is 16.3. The number of aromatic nitrogens is 1. The van der Waals surface area contributed by atoms with Gasteiger partial charge in [0.25, 0.3) is 5.91 Å². The lowest BCUT2D eigenvalue weighted by Gasteiger charge is -2.12. The predicted molar refractivity (Wildman–Crippen MR) is 87.6 cm³/mol. The van der Waals surface area contributed by atoms with Crippen LogP contribution in [0.15, 0.2) is 36.5 Å². The van der Waals surface area contributed by atoms with Crippen molar-refractivity contribution in [3.05, 3.63) is 47.2 Å². The summed E-state index contributed by atoms with van der Waals surface area (Å²) in [5.41, 5.74) is 0.727. The van der Waals surface area contributed by atoms with E-state index < -0.39 is 0 Å². The Morgan fingerprint density at radius 3 is 2.70 bits per heavy atom. The van der Waals surface area contributed by atoms with Gasteiger partial charge >= 0.3 is 0 Å². The number of hydrogen-bond donors (Lipinski definition) is 1. The van der Waals surface area contributed by atoms with Gasteiger partial charge in [0.1, 0.15) is 23.8 Å². The molecule has 7 heteroatoms. The first-order chi connectivity index (χ1) is 11.1. The standard InChI is InChI=1S/C16H17ClN2O4/c1-21-7-8-23-15-6-3-11(17)9-14(15)19-16(20)13-5-4-12(22-2)10-18-13/h3-6,9-10H,7-8H2,1-2H3,(H,19,20). The monoisotopic (exact) mass is 336 g/mol. The molecule has 1 aromatic carbocycles. The number of amides is 1. The van der Waals surface area contributed by atoms with Crippen LogP contribution in [-0.4, -0.2) is 38.3 Å². The molecule has 0 aliphatic heterocycles. The maximum absolute atomic E-state index is 12.3. The van der Waals surface area contributed by atoms with Crippen molar-refractivity contribution in [2.45, 2.75) is 0 Å². The molecule has 2 aromatic rings. The lowest BCUT2D eigenvalue weighted by atomic mass is 10.2. The van der Waals surface area contributed by atoms with Crippen LogP contribution in [-0.2, 0) is 4.74 Å². The van der Waals surface area contributed by atoms with E-state index >= 15 is 0 Å². The summed E-state index contributed by atoms with van der Waals surface area (Å²) < 4.78 is 15.5. The molecule has 0 bridgehead atoms. The number of rotatable bonds is 7. The van der Waals surface area contributed by atoms with Crippen molar-refractivity contribution in [2.75, 3.05) is 32.8 Å². The first-order valence-electron chi connectivity index (χ1n) is 6.86. The number of halogens is 1. The van der Waals surface area contributed by atoms with Gasteiger partial charge in [0.15, 0.2) is 0 Å². The molecule has 0 unspecified atom stereocenters. The zero-order valence-electron chi connectivity index (χ0n) is 12.8. The Morgan fingerprint density at radius 2 is 2.04 bits per heavy atom. The molecular formula is C16H17ClN2O4. The Balaban J connectivity index is 2.13. The van der Waals surface area contributed by atoms with Crippen molar-refractivity contribution in [3.8, 4) is 11.5 Å². The van der Waals surface area contributed by atoms with Crippen molar-refractivity contribution in [1.82, 2.24) is 4.98 Å². The van der Waals surface area contributed by atoms with Gasteiger partial charge in [-0.25, -0.2) is 4.98 Å². The minimum atomic E-state index is -0.369. The topological polar surface area (TPSA) is 69.7 Å². The number of carbonyl (C=O) groups excluding carboxylic acids is 1. The highest BCUT2D eigenvalue weighted by Crippen LogP contribution is 2.28.